The zero-order valence-electron chi connectivity index (χ0n) is 11.1. The number of aryl methyl sites for hydroxylation is 1. The van der Waals surface area contributed by atoms with E-state index in [1.54, 1.807) is 13.4 Å². The molecule has 1 aromatic heterocycles. The predicted octanol–water partition coefficient (Wildman–Crippen LogP) is 0.907. The second-order valence-electron chi connectivity index (χ2n) is 5.11. The van der Waals surface area contributed by atoms with Gasteiger partial charge >= 0.3 is 0 Å². The second-order valence-corrected chi connectivity index (χ2v) is 5.11. The zero-order valence-corrected chi connectivity index (χ0v) is 11.1. The van der Waals surface area contributed by atoms with Crippen LogP contribution in [0.3, 0.4) is 0 Å². The SMILES string of the molecule is CNC(=O)CCn1cncc1CNC(C)(C)C. The zero-order chi connectivity index (χ0) is 12.9. The average Bonchev–Trinajstić information content (AvgIpc) is 2.69. The first-order valence-electron chi connectivity index (χ1n) is 5.87. The van der Waals surface area contributed by atoms with Gasteiger partial charge in [0.15, 0.2) is 0 Å². The van der Waals surface area contributed by atoms with Gasteiger partial charge in [-0.25, -0.2) is 4.98 Å². The van der Waals surface area contributed by atoms with Crippen LogP contribution in [0.4, 0.5) is 0 Å². The molecule has 1 heterocycles. The van der Waals surface area contributed by atoms with Crippen molar-refractivity contribution in [2.75, 3.05) is 7.05 Å². The summed E-state index contributed by atoms with van der Waals surface area (Å²) >= 11 is 0. The van der Waals surface area contributed by atoms with Crippen LogP contribution in [-0.4, -0.2) is 28.0 Å². The molecule has 1 rings (SSSR count). The molecule has 0 saturated carbocycles. The number of carbonyl (C=O) groups excluding carboxylic acids is 1. The third-order valence-electron chi connectivity index (χ3n) is 2.46. The summed E-state index contributed by atoms with van der Waals surface area (Å²) in [4.78, 5) is 15.3. The monoisotopic (exact) mass is 238 g/mol. The van der Waals surface area contributed by atoms with E-state index >= 15 is 0 Å². The molecule has 0 aliphatic carbocycles. The third-order valence-corrected chi connectivity index (χ3v) is 2.46. The van der Waals surface area contributed by atoms with Gasteiger partial charge in [0, 0.05) is 38.3 Å². The van der Waals surface area contributed by atoms with E-state index in [2.05, 4.69) is 36.4 Å². The summed E-state index contributed by atoms with van der Waals surface area (Å²) in [7, 11) is 1.65. The lowest BCUT2D eigenvalue weighted by molar-refractivity contribution is -0.120. The van der Waals surface area contributed by atoms with E-state index in [4.69, 9.17) is 0 Å². The van der Waals surface area contributed by atoms with Crippen molar-refractivity contribution in [3.05, 3.63) is 18.2 Å². The van der Waals surface area contributed by atoms with Gasteiger partial charge in [0.25, 0.3) is 0 Å². The molecule has 0 saturated heterocycles. The van der Waals surface area contributed by atoms with Crippen molar-refractivity contribution in [3.63, 3.8) is 0 Å². The Morgan fingerprint density at radius 1 is 1.47 bits per heavy atom. The van der Waals surface area contributed by atoms with E-state index in [0.717, 1.165) is 12.2 Å². The van der Waals surface area contributed by atoms with Gasteiger partial charge in [0.05, 0.1) is 12.0 Å². The average molecular weight is 238 g/mol. The molecule has 5 heteroatoms. The molecule has 0 atom stereocenters. The number of nitrogens with one attached hydrogen (secondary N) is 2. The third kappa shape index (κ3) is 4.99. The smallest absolute Gasteiger partial charge is 0.221 e. The van der Waals surface area contributed by atoms with Gasteiger partial charge in [0.1, 0.15) is 0 Å². The lowest BCUT2D eigenvalue weighted by atomic mass is 10.1. The Balaban J connectivity index is 2.51. The normalized spacial score (nSPS) is 11.5. The summed E-state index contributed by atoms with van der Waals surface area (Å²) in [5.41, 5.74) is 1.18. The summed E-state index contributed by atoms with van der Waals surface area (Å²) in [6.07, 6.45) is 4.08. The highest BCUT2D eigenvalue weighted by Crippen LogP contribution is 2.05. The van der Waals surface area contributed by atoms with E-state index < -0.39 is 0 Å². The minimum atomic E-state index is 0.0495. The van der Waals surface area contributed by atoms with Crippen LogP contribution in [0, 0.1) is 0 Å². The Kier molecular flexibility index (Phi) is 4.69. The number of carbonyl (C=O) groups is 1. The van der Waals surface area contributed by atoms with Gasteiger partial charge in [-0.05, 0) is 20.8 Å². The van der Waals surface area contributed by atoms with E-state index in [1.807, 2.05) is 10.8 Å². The molecular formula is C12H22N4O. The number of aromatic nitrogens is 2. The number of amides is 1. The molecule has 5 nitrogen and oxygen atoms in total. The highest BCUT2D eigenvalue weighted by molar-refractivity contribution is 5.75. The number of imidazole rings is 1. The topological polar surface area (TPSA) is 59.0 Å². The number of hydrogen-bond donors (Lipinski definition) is 2. The van der Waals surface area contributed by atoms with Gasteiger partial charge in [0.2, 0.25) is 5.91 Å². The van der Waals surface area contributed by atoms with Crippen LogP contribution in [0.15, 0.2) is 12.5 Å². The maximum absolute atomic E-state index is 11.2. The molecule has 0 unspecified atom stereocenters. The summed E-state index contributed by atoms with van der Waals surface area (Å²) in [6, 6.07) is 0. The first kappa shape index (κ1) is 13.7. The fraction of sp³-hybridized carbons (Fsp3) is 0.667. The van der Waals surface area contributed by atoms with Gasteiger partial charge in [-0.2, -0.15) is 0 Å². The van der Waals surface area contributed by atoms with Crippen LogP contribution >= 0.6 is 0 Å². The standard InChI is InChI=1S/C12H22N4O/c1-12(2,3)15-8-10-7-14-9-16(10)6-5-11(17)13-4/h7,9,15H,5-6,8H2,1-4H3,(H,13,17). The molecule has 17 heavy (non-hydrogen) atoms. The highest BCUT2D eigenvalue weighted by Gasteiger charge is 2.10. The molecule has 0 spiro atoms. The summed E-state index contributed by atoms with van der Waals surface area (Å²) in [6.45, 7) is 7.80. The van der Waals surface area contributed by atoms with Gasteiger partial charge in [-0.1, -0.05) is 0 Å². The summed E-state index contributed by atoms with van der Waals surface area (Å²) in [5, 5.41) is 6.02. The first-order valence-corrected chi connectivity index (χ1v) is 5.87. The largest absolute Gasteiger partial charge is 0.359 e. The Morgan fingerprint density at radius 2 is 2.18 bits per heavy atom. The molecule has 0 aliphatic heterocycles. The fourth-order valence-corrected chi connectivity index (χ4v) is 1.40. The molecule has 0 radical (unpaired) electrons. The summed E-state index contributed by atoms with van der Waals surface area (Å²) in [5.74, 6) is 0.0495. The van der Waals surface area contributed by atoms with E-state index in [0.29, 0.717) is 13.0 Å². The maximum atomic E-state index is 11.2. The minimum absolute atomic E-state index is 0.0495. The van der Waals surface area contributed by atoms with Gasteiger partial charge in [-0.3, -0.25) is 4.79 Å². The van der Waals surface area contributed by atoms with Crippen LogP contribution in [-0.2, 0) is 17.9 Å². The van der Waals surface area contributed by atoms with Crippen molar-refractivity contribution in [2.24, 2.45) is 0 Å². The lowest BCUT2D eigenvalue weighted by Gasteiger charge is -2.20. The molecule has 96 valence electrons. The van der Waals surface area contributed by atoms with Crippen molar-refractivity contribution >= 4 is 5.91 Å². The molecule has 1 aromatic rings. The quantitative estimate of drug-likeness (QED) is 0.801. The van der Waals surface area contributed by atoms with Crippen molar-refractivity contribution in [1.82, 2.24) is 20.2 Å². The maximum Gasteiger partial charge on any atom is 0.221 e. The van der Waals surface area contributed by atoms with Crippen LogP contribution < -0.4 is 10.6 Å². The van der Waals surface area contributed by atoms with Crippen molar-refractivity contribution in [3.8, 4) is 0 Å². The minimum Gasteiger partial charge on any atom is -0.359 e. The van der Waals surface area contributed by atoms with Gasteiger partial charge < -0.3 is 15.2 Å². The van der Waals surface area contributed by atoms with Crippen molar-refractivity contribution in [2.45, 2.75) is 45.8 Å². The van der Waals surface area contributed by atoms with E-state index in [-0.39, 0.29) is 11.4 Å². The number of hydrogen-bond acceptors (Lipinski definition) is 3. The Hall–Kier alpha value is -1.36. The lowest BCUT2D eigenvalue weighted by Crippen LogP contribution is -2.35. The molecule has 1 amide bonds. The van der Waals surface area contributed by atoms with Crippen LogP contribution in [0.5, 0.6) is 0 Å². The molecule has 2 N–H and O–H groups in total. The van der Waals surface area contributed by atoms with Crippen LogP contribution in [0.1, 0.15) is 32.9 Å². The Bertz CT molecular complexity index is 365. The van der Waals surface area contributed by atoms with Crippen molar-refractivity contribution < 1.29 is 4.79 Å². The van der Waals surface area contributed by atoms with E-state index in [1.165, 1.54) is 0 Å². The summed E-state index contributed by atoms with van der Waals surface area (Å²) < 4.78 is 2.01. The van der Waals surface area contributed by atoms with Crippen molar-refractivity contribution in [1.29, 1.82) is 0 Å². The molecule has 0 aliphatic rings. The molecule has 0 bridgehead atoms. The molecule has 0 aromatic carbocycles. The molecule has 0 fully saturated rings. The van der Waals surface area contributed by atoms with E-state index in [9.17, 15) is 4.79 Å². The Morgan fingerprint density at radius 3 is 2.76 bits per heavy atom. The molecular weight excluding hydrogens is 216 g/mol. The number of rotatable bonds is 5. The van der Waals surface area contributed by atoms with Crippen LogP contribution in [0.2, 0.25) is 0 Å². The second kappa shape index (κ2) is 5.82. The predicted molar refractivity (Wildman–Crippen MR) is 67.5 cm³/mol. The van der Waals surface area contributed by atoms with Gasteiger partial charge in [-0.15, -0.1) is 0 Å². The Labute approximate surface area is 103 Å². The fourth-order valence-electron chi connectivity index (χ4n) is 1.40. The number of nitrogens with zero attached hydrogens (tertiary/aromatic N) is 2. The first-order chi connectivity index (χ1) is 7.92. The highest BCUT2D eigenvalue weighted by atomic mass is 16.1. The van der Waals surface area contributed by atoms with Crippen LogP contribution in [0.25, 0.3) is 0 Å².